The maximum Gasteiger partial charge on any atom is 0.233 e. The van der Waals surface area contributed by atoms with E-state index in [9.17, 15) is 0 Å². The van der Waals surface area contributed by atoms with E-state index in [0.717, 1.165) is 44.2 Å². The molecule has 0 N–H and O–H groups in total. The van der Waals surface area contributed by atoms with E-state index in [2.05, 4.69) is 41.4 Å². The van der Waals surface area contributed by atoms with E-state index in [1.54, 1.807) is 6.20 Å². The smallest absolute Gasteiger partial charge is 0.233 e. The first-order valence-electron chi connectivity index (χ1n) is 9.18. The van der Waals surface area contributed by atoms with Gasteiger partial charge in [0.15, 0.2) is 5.82 Å². The molecule has 0 spiro atoms. The molecule has 4 rings (SSSR count). The molecule has 26 heavy (non-hydrogen) atoms. The van der Waals surface area contributed by atoms with E-state index in [0.29, 0.717) is 11.9 Å². The Morgan fingerprint density at radius 3 is 3.04 bits per heavy atom. The lowest BCUT2D eigenvalue weighted by Gasteiger charge is -2.26. The molecular weight excluding hydrogens is 330 g/mol. The van der Waals surface area contributed by atoms with Crippen molar-refractivity contribution in [3.8, 4) is 0 Å². The van der Waals surface area contributed by atoms with Crippen molar-refractivity contribution in [2.24, 2.45) is 0 Å². The highest BCUT2D eigenvalue weighted by Crippen LogP contribution is 2.19. The third-order valence-electron chi connectivity index (χ3n) is 5.12. The van der Waals surface area contributed by atoms with Crippen molar-refractivity contribution in [3.05, 3.63) is 42.1 Å². The van der Waals surface area contributed by atoms with Crippen molar-refractivity contribution >= 4 is 5.78 Å². The molecule has 3 aromatic rings. The van der Waals surface area contributed by atoms with Gasteiger partial charge < -0.3 is 4.52 Å². The average Bonchev–Trinajstić information content (AvgIpc) is 3.15. The van der Waals surface area contributed by atoms with Crippen LogP contribution in [-0.4, -0.2) is 60.5 Å². The van der Waals surface area contributed by atoms with Gasteiger partial charge >= 0.3 is 0 Å². The second-order valence-corrected chi connectivity index (χ2v) is 7.04. The second-order valence-electron chi connectivity index (χ2n) is 7.04. The number of aromatic nitrogens is 5. The Morgan fingerprint density at radius 1 is 1.27 bits per heavy atom. The predicted molar refractivity (Wildman–Crippen MR) is 96.4 cm³/mol. The molecule has 138 valence electrons. The minimum atomic E-state index is 0.544. The molecule has 8 nitrogen and oxygen atoms in total. The molecule has 1 unspecified atom stereocenters. The standard InChI is InChI=1S/C18H25N7O/c1-14-21-17(22-26-14)13-23(2)15-5-3-8-24(10-6-15)12-16-11-20-18-19-7-4-9-25(16)18/h4,7,9,11,15H,3,5-6,8,10,12-13H2,1-2H3. The van der Waals surface area contributed by atoms with E-state index < -0.39 is 0 Å². The zero-order valence-corrected chi connectivity index (χ0v) is 15.4. The minimum Gasteiger partial charge on any atom is -0.340 e. The van der Waals surface area contributed by atoms with Gasteiger partial charge in [0.25, 0.3) is 0 Å². The normalized spacial score (nSPS) is 19.3. The number of likely N-dealkylation sites (tertiary alicyclic amines) is 1. The number of fused-ring (bicyclic) bond motifs is 1. The van der Waals surface area contributed by atoms with Gasteiger partial charge in [-0.25, -0.2) is 9.97 Å². The summed E-state index contributed by atoms with van der Waals surface area (Å²) in [6.45, 7) is 5.66. The molecule has 0 radical (unpaired) electrons. The zero-order chi connectivity index (χ0) is 17.9. The van der Waals surface area contributed by atoms with Crippen molar-refractivity contribution in [3.63, 3.8) is 0 Å². The average molecular weight is 355 g/mol. The van der Waals surface area contributed by atoms with Crippen molar-refractivity contribution in [2.45, 2.75) is 45.3 Å². The molecular formula is C18H25N7O. The van der Waals surface area contributed by atoms with Crippen molar-refractivity contribution in [2.75, 3.05) is 20.1 Å². The van der Waals surface area contributed by atoms with Gasteiger partial charge in [0.2, 0.25) is 11.7 Å². The first-order chi connectivity index (χ1) is 12.7. The zero-order valence-electron chi connectivity index (χ0n) is 15.4. The summed E-state index contributed by atoms with van der Waals surface area (Å²) in [5, 5.41) is 4.01. The fourth-order valence-electron chi connectivity index (χ4n) is 3.72. The number of hydrogen-bond acceptors (Lipinski definition) is 7. The number of aryl methyl sites for hydroxylation is 1. The van der Waals surface area contributed by atoms with Crippen LogP contribution in [0, 0.1) is 6.92 Å². The molecule has 1 aliphatic heterocycles. The SMILES string of the molecule is Cc1nc(CN(C)C2CCCN(Cc3cnc4ncccn34)CC2)no1. The monoisotopic (exact) mass is 355 g/mol. The lowest BCUT2D eigenvalue weighted by molar-refractivity contribution is 0.199. The molecule has 1 fully saturated rings. The summed E-state index contributed by atoms with van der Waals surface area (Å²) in [6, 6.07) is 2.49. The Labute approximate surface area is 152 Å². The summed E-state index contributed by atoms with van der Waals surface area (Å²) < 4.78 is 7.16. The van der Waals surface area contributed by atoms with E-state index in [1.807, 2.05) is 25.4 Å². The highest BCUT2D eigenvalue weighted by Gasteiger charge is 2.22. The molecule has 0 saturated carbocycles. The van der Waals surface area contributed by atoms with Crippen LogP contribution in [0.25, 0.3) is 5.78 Å². The van der Waals surface area contributed by atoms with Crippen LogP contribution >= 0.6 is 0 Å². The van der Waals surface area contributed by atoms with Crippen LogP contribution in [0.1, 0.15) is 36.7 Å². The molecule has 0 amide bonds. The van der Waals surface area contributed by atoms with Crippen molar-refractivity contribution < 1.29 is 4.52 Å². The van der Waals surface area contributed by atoms with Gasteiger partial charge in [-0.15, -0.1) is 0 Å². The fraction of sp³-hybridized carbons (Fsp3) is 0.556. The Hall–Kier alpha value is -2.32. The van der Waals surface area contributed by atoms with Gasteiger partial charge in [-0.05, 0) is 38.9 Å². The molecule has 4 heterocycles. The van der Waals surface area contributed by atoms with Crippen LogP contribution in [0.3, 0.4) is 0 Å². The largest absolute Gasteiger partial charge is 0.340 e. The van der Waals surface area contributed by atoms with Gasteiger partial charge in [-0.2, -0.15) is 4.98 Å². The van der Waals surface area contributed by atoms with E-state index >= 15 is 0 Å². The summed E-state index contributed by atoms with van der Waals surface area (Å²) >= 11 is 0. The molecule has 8 heteroatoms. The number of rotatable bonds is 5. The fourth-order valence-corrected chi connectivity index (χ4v) is 3.72. The topological polar surface area (TPSA) is 75.6 Å². The molecule has 1 aliphatic rings. The van der Waals surface area contributed by atoms with Gasteiger partial charge in [0.1, 0.15) is 0 Å². The lowest BCUT2D eigenvalue weighted by atomic mass is 10.1. The molecule has 1 atom stereocenters. The maximum absolute atomic E-state index is 5.08. The first kappa shape index (κ1) is 17.1. The Bertz CT molecular complexity index is 858. The molecule has 0 bridgehead atoms. The van der Waals surface area contributed by atoms with Gasteiger partial charge in [-0.3, -0.25) is 14.2 Å². The summed E-state index contributed by atoms with van der Waals surface area (Å²) in [6.07, 6.45) is 9.28. The summed E-state index contributed by atoms with van der Waals surface area (Å²) in [5.74, 6) is 2.16. The predicted octanol–water partition coefficient (Wildman–Crippen LogP) is 1.91. The lowest BCUT2D eigenvalue weighted by Crippen LogP contribution is -2.33. The molecule has 0 aromatic carbocycles. The summed E-state index contributed by atoms with van der Waals surface area (Å²) in [5.41, 5.74) is 1.20. The van der Waals surface area contributed by atoms with Crippen molar-refractivity contribution in [1.82, 2.24) is 34.3 Å². The van der Waals surface area contributed by atoms with Gasteiger partial charge in [0, 0.05) is 38.4 Å². The van der Waals surface area contributed by atoms with Crippen LogP contribution in [0.15, 0.2) is 29.2 Å². The van der Waals surface area contributed by atoms with Gasteiger partial charge in [-0.1, -0.05) is 5.16 Å². The first-order valence-corrected chi connectivity index (χ1v) is 9.18. The van der Waals surface area contributed by atoms with Crippen LogP contribution in [0.5, 0.6) is 0 Å². The highest BCUT2D eigenvalue weighted by molar-refractivity contribution is 5.30. The van der Waals surface area contributed by atoms with E-state index in [4.69, 9.17) is 4.52 Å². The van der Waals surface area contributed by atoms with Crippen molar-refractivity contribution in [1.29, 1.82) is 0 Å². The second kappa shape index (κ2) is 7.51. The Morgan fingerprint density at radius 2 is 2.19 bits per heavy atom. The van der Waals surface area contributed by atoms with Crippen LogP contribution in [0.4, 0.5) is 0 Å². The maximum atomic E-state index is 5.08. The Balaban J connectivity index is 1.35. The van der Waals surface area contributed by atoms with E-state index in [1.165, 1.54) is 18.5 Å². The number of nitrogens with zero attached hydrogens (tertiary/aromatic N) is 7. The van der Waals surface area contributed by atoms with Gasteiger partial charge in [0.05, 0.1) is 18.4 Å². The summed E-state index contributed by atoms with van der Waals surface area (Å²) in [4.78, 5) is 17.9. The molecule has 0 aliphatic carbocycles. The third-order valence-corrected chi connectivity index (χ3v) is 5.12. The number of hydrogen-bond donors (Lipinski definition) is 0. The molecule has 3 aromatic heterocycles. The van der Waals surface area contributed by atoms with Crippen LogP contribution < -0.4 is 0 Å². The minimum absolute atomic E-state index is 0.544. The van der Waals surface area contributed by atoms with Crippen LogP contribution in [0.2, 0.25) is 0 Å². The van der Waals surface area contributed by atoms with E-state index in [-0.39, 0.29) is 0 Å². The highest BCUT2D eigenvalue weighted by atomic mass is 16.5. The molecule has 1 saturated heterocycles. The third kappa shape index (κ3) is 3.76. The Kier molecular flexibility index (Phi) is 4.94. The number of imidazole rings is 1. The van der Waals surface area contributed by atoms with Crippen LogP contribution in [-0.2, 0) is 13.1 Å². The quantitative estimate of drug-likeness (QED) is 0.692. The summed E-state index contributed by atoms with van der Waals surface area (Å²) in [7, 11) is 2.15.